The number of halogens is 1. The lowest BCUT2D eigenvalue weighted by molar-refractivity contribution is -0.380. The highest BCUT2D eigenvalue weighted by molar-refractivity contribution is 7.13. The molecule has 12 heavy (non-hydrogen) atoms. The Morgan fingerprint density at radius 2 is 2.50 bits per heavy atom. The molecule has 0 bridgehead atoms. The molecular weight excluding hydrogens is 204 g/mol. The summed E-state index contributed by atoms with van der Waals surface area (Å²) in [6, 6.07) is 1.24. The van der Waals surface area contributed by atoms with E-state index in [1.54, 1.807) is 0 Å². The van der Waals surface area contributed by atoms with Gasteiger partial charge in [-0.1, -0.05) is 28.1 Å². The molecule has 1 N–H and O–H groups in total. The van der Waals surface area contributed by atoms with Gasteiger partial charge >= 0.3 is 5.00 Å². The molecule has 0 unspecified atom stereocenters. The topological polar surface area (TPSA) is 75.7 Å². The van der Waals surface area contributed by atoms with E-state index in [4.69, 9.17) is 16.8 Å². The van der Waals surface area contributed by atoms with Crippen LogP contribution in [-0.4, -0.2) is 15.3 Å². The molecule has 0 aliphatic heterocycles. The molecule has 1 aromatic heterocycles. The van der Waals surface area contributed by atoms with Crippen molar-refractivity contribution >= 4 is 33.1 Å². The summed E-state index contributed by atoms with van der Waals surface area (Å²) in [5.41, 5.74) is 0.343. The first-order valence-corrected chi connectivity index (χ1v) is 4.01. The van der Waals surface area contributed by atoms with Crippen molar-refractivity contribution in [1.29, 1.82) is 0 Å². The molecule has 1 heterocycles. The van der Waals surface area contributed by atoms with Crippen LogP contribution in [0.1, 0.15) is 5.56 Å². The molecule has 1 rings (SSSR count). The zero-order chi connectivity index (χ0) is 9.14. The fraction of sp³-hybridized carbons (Fsp3) is 0. The van der Waals surface area contributed by atoms with Crippen LogP contribution in [0.5, 0.6) is 0 Å². The quantitative estimate of drug-likeness (QED) is 0.348. The van der Waals surface area contributed by atoms with Crippen molar-refractivity contribution in [2.75, 3.05) is 0 Å². The molecule has 0 saturated heterocycles. The predicted octanol–water partition coefficient (Wildman–Crippen LogP) is 2.03. The van der Waals surface area contributed by atoms with E-state index in [0.29, 0.717) is 5.56 Å². The maximum Gasteiger partial charge on any atom is 0.324 e. The van der Waals surface area contributed by atoms with Gasteiger partial charge in [0.1, 0.15) is 0 Å². The summed E-state index contributed by atoms with van der Waals surface area (Å²) in [6.45, 7) is 0. The molecule has 0 spiro atoms. The fourth-order valence-electron chi connectivity index (χ4n) is 0.587. The number of oxime groups is 1. The van der Waals surface area contributed by atoms with Crippen LogP contribution in [0.4, 0.5) is 5.00 Å². The van der Waals surface area contributed by atoms with Crippen LogP contribution in [0.15, 0.2) is 16.6 Å². The SMILES string of the molecule is O=[N+]([O-])c1cc(/C(Cl)=N/O)cs1. The van der Waals surface area contributed by atoms with E-state index in [1.165, 1.54) is 11.4 Å². The lowest BCUT2D eigenvalue weighted by Gasteiger charge is -1.84. The molecular formula is C5H3ClN2O3S. The third kappa shape index (κ3) is 1.72. The second-order valence-electron chi connectivity index (χ2n) is 1.82. The minimum atomic E-state index is -0.532. The van der Waals surface area contributed by atoms with Crippen molar-refractivity contribution in [2.45, 2.75) is 0 Å². The average molecular weight is 207 g/mol. The van der Waals surface area contributed by atoms with Crippen LogP contribution in [0.2, 0.25) is 0 Å². The van der Waals surface area contributed by atoms with Gasteiger partial charge in [-0.3, -0.25) is 10.1 Å². The average Bonchev–Trinajstić information content (AvgIpc) is 2.51. The fourth-order valence-corrected chi connectivity index (χ4v) is 1.47. The van der Waals surface area contributed by atoms with Crippen LogP contribution in [0, 0.1) is 10.1 Å². The van der Waals surface area contributed by atoms with Crippen molar-refractivity contribution in [1.82, 2.24) is 0 Å². The van der Waals surface area contributed by atoms with Gasteiger partial charge in [-0.2, -0.15) is 0 Å². The number of rotatable bonds is 2. The number of hydrogen-bond donors (Lipinski definition) is 1. The molecule has 0 aliphatic carbocycles. The van der Waals surface area contributed by atoms with Gasteiger partial charge in [-0.05, 0) is 0 Å². The Kier molecular flexibility index (Phi) is 2.61. The first-order chi connectivity index (χ1) is 5.65. The normalized spacial score (nSPS) is 11.6. The molecule has 0 amide bonds. The van der Waals surface area contributed by atoms with Gasteiger partial charge < -0.3 is 5.21 Å². The summed E-state index contributed by atoms with van der Waals surface area (Å²) >= 11 is 6.32. The van der Waals surface area contributed by atoms with E-state index in [0.717, 1.165) is 11.3 Å². The Bertz CT molecular complexity index is 335. The molecule has 0 aromatic carbocycles. The van der Waals surface area contributed by atoms with Crippen molar-refractivity contribution in [3.63, 3.8) is 0 Å². The van der Waals surface area contributed by atoms with Gasteiger partial charge in [0.15, 0.2) is 5.17 Å². The van der Waals surface area contributed by atoms with Crippen molar-refractivity contribution in [3.05, 3.63) is 27.1 Å². The Morgan fingerprint density at radius 1 is 1.83 bits per heavy atom. The van der Waals surface area contributed by atoms with Gasteiger partial charge in [-0.15, -0.1) is 0 Å². The Morgan fingerprint density at radius 3 is 2.92 bits per heavy atom. The molecule has 64 valence electrons. The molecule has 0 atom stereocenters. The van der Waals surface area contributed by atoms with E-state index >= 15 is 0 Å². The summed E-state index contributed by atoms with van der Waals surface area (Å²) in [5.74, 6) is 0. The van der Waals surface area contributed by atoms with Crippen LogP contribution in [0.3, 0.4) is 0 Å². The highest BCUT2D eigenvalue weighted by atomic mass is 35.5. The zero-order valence-corrected chi connectivity index (χ0v) is 7.17. The summed E-state index contributed by atoms with van der Waals surface area (Å²) in [6.07, 6.45) is 0. The number of nitro groups is 1. The van der Waals surface area contributed by atoms with Gasteiger partial charge in [0.05, 0.1) is 4.92 Å². The van der Waals surface area contributed by atoms with Crippen molar-refractivity contribution in [2.24, 2.45) is 5.16 Å². The number of thiophene rings is 1. The van der Waals surface area contributed by atoms with E-state index in [2.05, 4.69) is 5.16 Å². The molecule has 1 aromatic rings. The lowest BCUT2D eigenvalue weighted by Crippen LogP contribution is -1.87. The minimum Gasteiger partial charge on any atom is -0.410 e. The first kappa shape index (κ1) is 8.95. The van der Waals surface area contributed by atoms with Gasteiger partial charge in [0.2, 0.25) is 0 Å². The minimum absolute atomic E-state index is 0.0354. The molecule has 5 nitrogen and oxygen atoms in total. The second kappa shape index (κ2) is 3.51. The maximum absolute atomic E-state index is 10.2. The Balaban J connectivity index is 2.99. The van der Waals surface area contributed by atoms with Crippen LogP contribution in [0.25, 0.3) is 0 Å². The number of hydrogen-bond acceptors (Lipinski definition) is 5. The third-order valence-corrected chi connectivity index (χ3v) is 2.27. The predicted molar refractivity (Wildman–Crippen MR) is 45.1 cm³/mol. The van der Waals surface area contributed by atoms with Gasteiger partial charge in [-0.25, -0.2) is 0 Å². The van der Waals surface area contributed by atoms with E-state index in [-0.39, 0.29) is 10.2 Å². The van der Waals surface area contributed by atoms with Gasteiger partial charge in [0, 0.05) is 17.0 Å². The van der Waals surface area contributed by atoms with E-state index in [9.17, 15) is 10.1 Å². The van der Waals surface area contributed by atoms with Crippen molar-refractivity contribution in [3.8, 4) is 0 Å². The molecule has 0 fully saturated rings. The standard InChI is InChI=1S/C5H3ClN2O3S/c6-5(7-9)3-1-4(8(10)11)12-2-3/h1-2,9H/b7-5-. The Labute approximate surface area is 76.0 Å². The summed E-state index contributed by atoms with van der Waals surface area (Å²) in [7, 11) is 0. The monoisotopic (exact) mass is 206 g/mol. The third-order valence-electron chi connectivity index (χ3n) is 1.09. The smallest absolute Gasteiger partial charge is 0.324 e. The zero-order valence-electron chi connectivity index (χ0n) is 5.60. The van der Waals surface area contributed by atoms with E-state index in [1.807, 2.05) is 0 Å². The van der Waals surface area contributed by atoms with Crippen LogP contribution in [-0.2, 0) is 0 Å². The van der Waals surface area contributed by atoms with Crippen LogP contribution < -0.4 is 0 Å². The molecule has 0 aliphatic rings. The molecule has 7 heteroatoms. The van der Waals surface area contributed by atoms with Gasteiger partial charge in [0.25, 0.3) is 0 Å². The number of nitrogens with zero attached hydrogens (tertiary/aromatic N) is 2. The summed E-state index contributed by atoms with van der Waals surface area (Å²) < 4.78 is 0. The highest BCUT2D eigenvalue weighted by Gasteiger charge is 2.12. The summed E-state index contributed by atoms with van der Waals surface area (Å²) in [5, 5.41) is 22.4. The molecule has 0 radical (unpaired) electrons. The van der Waals surface area contributed by atoms with Crippen molar-refractivity contribution < 1.29 is 10.1 Å². The van der Waals surface area contributed by atoms with E-state index < -0.39 is 4.92 Å². The lowest BCUT2D eigenvalue weighted by atomic mass is 10.4. The molecule has 0 saturated carbocycles. The maximum atomic E-state index is 10.2. The first-order valence-electron chi connectivity index (χ1n) is 2.76. The highest BCUT2D eigenvalue weighted by Crippen LogP contribution is 2.23. The Hall–Kier alpha value is -1.14. The largest absolute Gasteiger partial charge is 0.410 e. The second-order valence-corrected chi connectivity index (χ2v) is 3.07. The summed E-state index contributed by atoms with van der Waals surface area (Å²) in [4.78, 5) is 9.66. The van der Waals surface area contributed by atoms with Crippen LogP contribution >= 0.6 is 22.9 Å².